The number of rotatable bonds is 6. The molecule has 1 aromatic heterocycles. The number of carbonyl (C=O) groups is 2. The number of hydrogen-bond acceptors (Lipinski definition) is 5. The summed E-state index contributed by atoms with van der Waals surface area (Å²) in [5.74, 6) is -0.927. The van der Waals surface area contributed by atoms with Gasteiger partial charge in [-0.15, -0.1) is 0 Å². The summed E-state index contributed by atoms with van der Waals surface area (Å²) in [4.78, 5) is 22.3. The topological polar surface area (TPSA) is 92.4 Å². The van der Waals surface area contributed by atoms with Gasteiger partial charge in [-0.1, -0.05) is 5.16 Å². The molecule has 0 bridgehead atoms. The first-order chi connectivity index (χ1) is 7.65. The predicted octanol–water partition coefficient (Wildman–Crippen LogP) is 0.611. The normalized spacial score (nSPS) is 12.1. The van der Waals surface area contributed by atoms with Crippen LogP contribution in [0.1, 0.15) is 16.9 Å². The fraction of sp³-hybridized carbons (Fsp3) is 0.444. The molecule has 1 rings (SSSR count). The molecule has 1 heterocycles. The van der Waals surface area contributed by atoms with Gasteiger partial charge in [-0.3, -0.25) is 4.79 Å². The summed E-state index contributed by atoms with van der Waals surface area (Å²) in [5, 5.41) is 14.7. The molecular formula is C9H12N2O4S. The predicted molar refractivity (Wildman–Crippen MR) is 58.4 cm³/mol. The maximum Gasteiger partial charge on any atom is 0.326 e. The van der Waals surface area contributed by atoms with E-state index in [9.17, 15) is 9.59 Å². The van der Waals surface area contributed by atoms with Crippen LogP contribution in [-0.4, -0.2) is 40.2 Å². The highest BCUT2D eigenvalue weighted by Gasteiger charge is 2.21. The number of thioether (sulfide) groups is 1. The van der Waals surface area contributed by atoms with Crippen LogP contribution >= 0.6 is 11.8 Å². The van der Waals surface area contributed by atoms with Crippen LogP contribution in [0.3, 0.4) is 0 Å². The summed E-state index contributed by atoms with van der Waals surface area (Å²) in [6.45, 7) is 0. The van der Waals surface area contributed by atoms with Crippen LogP contribution in [0, 0.1) is 0 Å². The third-order valence-corrected chi connectivity index (χ3v) is 2.53. The van der Waals surface area contributed by atoms with E-state index in [-0.39, 0.29) is 5.69 Å². The average molecular weight is 244 g/mol. The zero-order valence-electron chi connectivity index (χ0n) is 8.67. The van der Waals surface area contributed by atoms with Crippen molar-refractivity contribution in [3.8, 4) is 0 Å². The molecule has 88 valence electrons. The van der Waals surface area contributed by atoms with Gasteiger partial charge in [0.2, 0.25) is 0 Å². The Balaban J connectivity index is 2.54. The lowest BCUT2D eigenvalue weighted by Crippen LogP contribution is -2.41. The first-order valence-corrected chi connectivity index (χ1v) is 5.97. The van der Waals surface area contributed by atoms with Gasteiger partial charge in [0.25, 0.3) is 5.91 Å². The Morgan fingerprint density at radius 2 is 2.44 bits per heavy atom. The third kappa shape index (κ3) is 3.58. The van der Waals surface area contributed by atoms with E-state index in [0.717, 1.165) is 0 Å². The van der Waals surface area contributed by atoms with Gasteiger partial charge in [-0.2, -0.15) is 11.8 Å². The number of carbonyl (C=O) groups excluding carboxylic acids is 1. The minimum Gasteiger partial charge on any atom is -0.480 e. The summed E-state index contributed by atoms with van der Waals surface area (Å²) in [6.07, 6.45) is 3.50. The van der Waals surface area contributed by atoms with E-state index >= 15 is 0 Å². The van der Waals surface area contributed by atoms with Crippen molar-refractivity contribution in [3.63, 3.8) is 0 Å². The fourth-order valence-electron chi connectivity index (χ4n) is 1.05. The Morgan fingerprint density at radius 1 is 1.69 bits per heavy atom. The van der Waals surface area contributed by atoms with Gasteiger partial charge in [0.15, 0.2) is 5.69 Å². The average Bonchev–Trinajstić information content (AvgIpc) is 2.76. The quantitative estimate of drug-likeness (QED) is 0.761. The van der Waals surface area contributed by atoms with Gasteiger partial charge < -0.3 is 14.9 Å². The lowest BCUT2D eigenvalue weighted by molar-refractivity contribution is -0.139. The Morgan fingerprint density at radius 3 is 2.94 bits per heavy atom. The highest BCUT2D eigenvalue weighted by Crippen LogP contribution is 2.02. The lowest BCUT2D eigenvalue weighted by Gasteiger charge is -2.12. The molecule has 0 saturated carbocycles. The van der Waals surface area contributed by atoms with Crippen LogP contribution in [0.2, 0.25) is 0 Å². The van der Waals surface area contributed by atoms with Crippen LogP contribution in [0.25, 0.3) is 0 Å². The molecule has 0 aliphatic rings. The van der Waals surface area contributed by atoms with E-state index in [1.165, 1.54) is 24.1 Å². The number of nitrogens with zero attached hydrogens (tertiary/aromatic N) is 1. The largest absolute Gasteiger partial charge is 0.480 e. The van der Waals surface area contributed by atoms with E-state index < -0.39 is 17.9 Å². The summed E-state index contributed by atoms with van der Waals surface area (Å²) in [5.41, 5.74) is 0.0791. The van der Waals surface area contributed by atoms with Crippen LogP contribution in [-0.2, 0) is 4.79 Å². The van der Waals surface area contributed by atoms with Crippen LogP contribution < -0.4 is 5.32 Å². The van der Waals surface area contributed by atoms with Crippen molar-refractivity contribution in [2.45, 2.75) is 12.5 Å². The molecule has 6 nitrogen and oxygen atoms in total. The summed E-state index contributed by atoms with van der Waals surface area (Å²) >= 11 is 1.52. The van der Waals surface area contributed by atoms with Crippen molar-refractivity contribution in [2.75, 3.05) is 12.0 Å². The van der Waals surface area contributed by atoms with Crippen molar-refractivity contribution < 1.29 is 19.2 Å². The second-order valence-electron chi connectivity index (χ2n) is 3.03. The number of hydrogen-bond donors (Lipinski definition) is 2. The standard InChI is InChI=1S/C9H12N2O4S/c1-16-5-3-7(9(13)14)10-8(12)6-2-4-15-11-6/h2,4,7H,3,5H2,1H3,(H,10,12)(H,13,14)/t7-/m0/s1. The fourth-order valence-corrected chi connectivity index (χ4v) is 1.53. The second-order valence-corrected chi connectivity index (χ2v) is 4.02. The Hall–Kier alpha value is -1.50. The molecule has 0 aromatic carbocycles. The number of carboxylic acids is 1. The van der Waals surface area contributed by atoms with E-state index in [4.69, 9.17) is 5.11 Å². The molecule has 16 heavy (non-hydrogen) atoms. The van der Waals surface area contributed by atoms with E-state index in [1.807, 2.05) is 6.26 Å². The minimum atomic E-state index is -1.05. The molecule has 0 aliphatic heterocycles. The molecular weight excluding hydrogens is 232 g/mol. The van der Waals surface area contributed by atoms with Gasteiger partial charge in [-0.05, 0) is 18.4 Å². The molecule has 0 fully saturated rings. The number of amides is 1. The van der Waals surface area contributed by atoms with E-state index in [2.05, 4.69) is 15.0 Å². The van der Waals surface area contributed by atoms with Crippen LogP contribution in [0.15, 0.2) is 16.9 Å². The molecule has 1 aromatic rings. The zero-order valence-corrected chi connectivity index (χ0v) is 9.49. The summed E-state index contributed by atoms with van der Waals surface area (Å²) < 4.78 is 4.50. The lowest BCUT2D eigenvalue weighted by atomic mass is 10.2. The Bertz CT molecular complexity index is 352. The number of aliphatic carboxylic acids is 1. The van der Waals surface area contributed by atoms with Crippen molar-refractivity contribution in [2.24, 2.45) is 0 Å². The molecule has 2 N–H and O–H groups in total. The first kappa shape index (κ1) is 12.6. The summed E-state index contributed by atoms with van der Waals surface area (Å²) in [7, 11) is 0. The number of aromatic nitrogens is 1. The Labute approximate surface area is 96.4 Å². The second kappa shape index (κ2) is 6.16. The highest BCUT2D eigenvalue weighted by atomic mass is 32.2. The smallest absolute Gasteiger partial charge is 0.326 e. The SMILES string of the molecule is CSCC[C@H](NC(=O)c1ccon1)C(=O)O. The maximum absolute atomic E-state index is 11.5. The molecule has 0 spiro atoms. The van der Waals surface area contributed by atoms with Crippen molar-refractivity contribution in [1.29, 1.82) is 0 Å². The molecule has 0 radical (unpaired) electrons. The first-order valence-electron chi connectivity index (χ1n) is 4.58. The molecule has 1 amide bonds. The van der Waals surface area contributed by atoms with Gasteiger partial charge in [0.05, 0.1) is 0 Å². The van der Waals surface area contributed by atoms with Gasteiger partial charge in [-0.25, -0.2) is 4.79 Å². The molecule has 1 atom stereocenters. The number of nitrogens with one attached hydrogen (secondary N) is 1. The highest BCUT2D eigenvalue weighted by molar-refractivity contribution is 7.98. The van der Waals surface area contributed by atoms with E-state index in [1.54, 1.807) is 0 Å². The van der Waals surface area contributed by atoms with Crippen LogP contribution in [0.5, 0.6) is 0 Å². The van der Waals surface area contributed by atoms with Crippen molar-refractivity contribution >= 4 is 23.6 Å². The molecule has 0 aliphatic carbocycles. The number of carboxylic acid groups (broad SMARTS) is 1. The molecule has 0 saturated heterocycles. The molecule has 7 heteroatoms. The van der Waals surface area contributed by atoms with Gasteiger partial charge in [0, 0.05) is 6.07 Å². The Kier molecular flexibility index (Phi) is 4.84. The maximum atomic E-state index is 11.5. The van der Waals surface area contributed by atoms with Crippen molar-refractivity contribution in [3.05, 3.63) is 18.0 Å². The molecule has 0 unspecified atom stereocenters. The monoisotopic (exact) mass is 244 g/mol. The summed E-state index contributed by atoms with van der Waals surface area (Å²) in [6, 6.07) is 0.486. The van der Waals surface area contributed by atoms with Gasteiger partial charge in [0.1, 0.15) is 12.3 Å². The minimum absolute atomic E-state index is 0.0791. The van der Waals surface area contributed by atoms with Crippen LogP contribution in [0.4, 0.5) is 0 Å². The zero-order chi connectivity index (χ0) is 12.0. The third-order valence-electron chi connectivity index (χ3n) is 1.88. The van der Waals surface area contributed by atoms with E-state index in [0.29, 0.717) is 12.2 Å². The van der Waals surface area contributed by atoms with Crippen molar-refractivity contribution in [1.82, 2.24) is 10.5 Å². The van der Waals surface area contributed by atoms with Gasteiger partial charge >= 0.3 is 5.97 Å².